The van der Waals surface area contributed by atoms with Crippen LogP contribution in [0.25, 0.3) is 0 Å². The van der Waals surface area contributed by atoms with E-state index < -0.39 is 0 Å². The Balaban J connectivity index is 0.000000127. The molecule has 0 heterocycles. The molecule has 0 saturated heterocycles. The number of ketones is 2. The molecule has 4 aliphatic rings. The molecular weight excluding hydrogens is 264 g/mol. The molecular formula is C18H22O3. The lowest BCUT2D eigenvalue weighted by Crippen LogP contribution is -2.45. The highest BCUT2D eigenvalue weighted by Gasteiger charge is 2.47. The molecule has 0 atom stereocenters. The van der Waals surface area contributed by atoms with E-state index in [2.05, 4.69) is 0 Å². The van der Waals surface area contributed by atoms with Crippen LogP contribution >= 0.6 is 0 Å². The fraction of sp³-hybridized carbons (Fsp3) is 0.556. The first-order chi connectivity index (χ1) is 10.0. The lowest BCUT2D eigenvalue weighted by molar-refractivity contribution is -0.139. The number of phenolic OH excluding ortho intramolecular Hbond substituents is 1. The lowest BCUT2D eigenvalue weighted by atomic mass is 9.56. The van der Waals surface area contributed by atoms with Gasteiger partial charge in [-0.3, -0.25) is 9.59 Å². The van der Waals surface area contributed by atoms with Crippen molar-refractivity contribution in [1.29, 1.82) is 0 Å². The topological polar surface area (TPSA) is 54.4 Å². The van der Waals surface area contributed by atoms with Crippen LogP contribution in [0.15, 0.2) is 24.3 Å². The smallest absolute Gasteiger partial charge is 0.163 e. The summed E-state index contributed by atoms with van der Waals surface area (Å²) in [6.07, 6.45) is 6.41. The molecule has 1 aromatic carbocycles. The highest BCUT2D eigenvalue weighted by Crippen LogP contribution is 2.51. The minimum atomic E-state index is -0.113. The van der Waals surface area contributed by atoms with Gasteiger partial charge >= 0.3 is 0 Å². The van der Waals surface area contributed by atoms with Gasteiger partial charge in [0.1, 0.15) is 11.5 Å². The SMILES string of the molecule is CC(=O)c1ccccc1O.O=C1C2CC3CC(C2)CC1C3. The highest BCUT2D eigenvalue weighted by atomic mass is 16.3. The van der Waals surface area contributed by atoms with Crippen molar-refractivity contribution in [2.45, 2.75) is 39.0 Å². The molecule has 112 valence electrons. The van der Waals surface area contributed by atoms with Crippen LogP contribution in [0.1, 0.15) is 49.4 Å². The van der Waals surface area contributed by atoms with Gasteiger partial charge in [-0.15, -0.1) is 0 Å². The maximum Gasteiger partial charge on any atom is 0.163 e. The second-order valence-electron chi connectivity index (χ2n) is 6.78. The van der Waals surface area contributed by atoms with E-state index in [4.69, 9.17) is 5.11 Å². The molecule has 0 spiro atoms. The predicted octanol–water partition coefficient (Wildman–Crippen LogP) is 3.61. The molecule has 0 aromatic heterocycles. The van der Waals surface area contributed by atoms with E-state index in [0.717, 1.165) is 11.8 Å². The van der Waals surface area contributed by atoms with Gasteiger partial charge in [-0.1, -0.05) is 12.1 Å². The fourth-order valence-corrected chi connectivity index (χ4v) is 4.42. The minimum Gasteiger partial charge on any atom is -0.507 e. The van der Waals surface area contributed by atoms with Crippen molar-refractivity contribution in [3.8, 4) is 5.75 Å². The van der Waals surface area contributed by atoms with Crippen molar-refractivity contribution < 1.29 is 14.7 Å². The summed E-state index contributed by atoms with van der Waals surface area (Å²) in [5, 5.41) is 9.06. The van der Waals surface area contributed by atoms with Gasteiger partial charge < -0.3 is 5.11 Å². The molecule has 3 heteroatoms. The van der Waals surface area contributed by atoms with Crippen molar-refractivity contribution in [2.75, 3.05) is 0 Å². The average molecular weight is 286 g/mol. The van der Waals surface area contributed by atoms with Crippen LogP contribution in [-0.4, -0.2) is 16.7 Å². The normalized spacial score (nSPS) is 32.5. The third kappa shape index (κ3) is 2.87. The molecule has 21 heavy (non-hydrogen) atoms. The van der Waals surface area contributed by atoms with Crippen molar-refractivity contribution in [3.05, 3.63) is 29.8 Å². The van der Waals surface area contributed by atoms with Crippen LogP contribution in [-0.2, 0) is 4.79 Å². The molecule has 3 nitrogen and oxygen atoms in total. The monoisotopic (exact) mass is 286 g/mol. The molecule has 5 rings (SSSR count). The number of phenols is 1. The van der Waals surface area contributed by atoms with Crippen molar-refractivity contribution in [2.24, 2.45) is 23.7 Å². The van der Waals surface area contributed by atoms with Crippen LogP contribution in [0, 0.1) is 23.7 Å². The Morgan fingerprint density at radius 2 is 1.52 bits per heavy atom. The maximum absolute atomic E-state index is 11.6. The molecule has 1 N–H and O–H groups in total. The molecule has 0 amide bonds. The molecule has 4 saturated carbocycles. The largest absolute Gasteiger partial charge is 0.507 e. The van der Waals surface area contributed by atoms with E-state index in [1.807, 2.05) is 0 Å². The number of carbonyl (C=O) groups is 2. The van der Waals surface area contributed by atoms with E-state index >= 15 is 0 Å². The summed E-state index contributed by atoms with van der Waals surface area (Å²) in [6.45, 7) is 1.43. The quantitative estimate of drug-likeness (QED) is 0.802. The van der Waals surface area contributed by atoms with Crippen molar-refractivity contribution in [1.82, 2.24) is 0 Å². The summed E-state index contributed by atoms with van der Waals surface area (Å²) in [6, 6.07) is 6.49. The molecule has 4 bridgehead atoms. The van der Waals surface area contributed by atoms with Crippen molar-refractivity contribution in [3.63, 3.8) is 0 Å². The molecule has 4 aliphatic carbocycles. The second-order valence-corrected chi connectivity index (χ2v) is 6.78. The van der Waals surface area contributed by atoms with Crippen LogP contribution in [0.4, 0.5) is 0 Å². The molecule has 1 aromatic rings. The standard InChI is InChI=1S/C10H14O.C8H8O2/c11-10-8-2-6-1-7(4-8)5-9(10)3-6;1-6(9)7-4-2-3-5-8(7)10/h6-9H,1-5H2;2-5,10H,1H3. The summed E-state index contributed by atoms with van der Waals surface area (Å²) >= 11 is 0. The summed E-state index contributed by atoms with van der Waals surface area (Å²) < 4.78 is 0. The van der Waals surface area contributed by atoms with E-state index in [9.17, 15) is 9.59 Å². The van der Waals surface area contributed by atoms with E-state index in [1.54, 1.807) is 18.2 Å². The van der Waals surface area contributed by atoms with Gasteiger partial charge in [0.2, 0.25) is 0 Å². The summed E-state index contributed by atoms with van der Waals surface area (Å²) in [5.74, 6) is 3.45. The van der Waals surface area contributed by atoms with E-state index in [1.165, 1.54) is 45.1 Å². The van der Waals surface area contributed by atoms with E-state index in [-0.39, 0.29) is 11.5 Å². The predicted molar refractivity (Wildman–Crippen MR) is 80.2 cm³/mol. The van der Waals surface area contributed by atoms with Gasteiger partial charge in [0, 0.05) is 11.8 Å². The third-order valence-corrected chi connectivity index (χ3v) is 5.23. The van der Waals surface area contributed by atoms with Gasteiger partial charge in [-0.05, 0) is 63.0 Å². The Hall–Kier alpha value is -1.64. The first kappa shape index (κ1) is 14.3. The number of carbonyl (C=O) groups excluding carboxylic acids is 2. The molecule has 0 radical (unpaired) electrons. The Morgan fingerprint density at radius 3 is 1.95 bits per heavy atom. The Morgan fingerprint density at radius 1 is 1.00 bits per heavy atom. The highest BCUT2D eigenvalue weighted by molar-refractivity contribution is 5.96. The fourth-order valence-electron chi connectivity index (χ4n) is 4.42. The van der Waals surface area contributed by atoms with Gasteiger partial charge in [0.25, 0.3) is 0 Å². The Kier molecular flexibility index (Phi) is 3.83. The number of hydrogen-bond acceptors (Lipinski definition) is 3. The number of Topliss-reactive ketones (excluding diaryl/α,β-unsaturated/α-hetero) is 2. The lowest BCUT2D eigenvalue weighted by Gasteiger charge is -2.48. The first-order valence-electron chi connectivity index (χ1n) is 7.87. The van der Waals surface area contributed by atoms with Gasteiger partial charge in [0.15, 0.2) is 5.78 Å². The number of benzene rings is 1. The Labute approximate surface area is 125 Å². The molecule has 4 fully saturated rings. The van der Waals surface area contributed by atoms with Crippen LogP contribution in [0.2, 0.25) is 0 Å². The molecule has 0 aliphatic heterocycles. The number of para-hydroxylation sites is 1. The summed E-state index contributed by atoms with van der Waals surface area (Å²) in [5.41, 5.74) is 0.377. The van der Waals surface area contributed by atoms with E-state index in [0.29, 0.717) is 23.2 Å². The zero-order valence-electron chi connectivity index (χ0n) is 12.4. The minimum absolute atomic E-state index is 0.0509. The van der Waals surface area contributed by atoms with Gasteiger partial charge in [-0.2, -0.15) is 0 Å². The zero-order valence-corrected chi connectivity index (χ0v) is 12.4. The first-order valence-corrected chi connectivity index (χ1v) is 7.87. The Bertz CT molecular complexity index is 531. The average Bonchev–Trinajstić information content (AvgIpc) is 2.44. The second kappa shape index (κ2) is 5.63. The van der Waals surface area contributed by atoms with Crippen molar-refractivity contribution >= 4 is 11.6 Å². The number of aromatic hydroxyl groups is 1. The maximum atomic E-state index is 11.6. The van der Waals surface area contributed by atoms with Crippen LogP contribution in [0.5, 0.6) is 5.75 Å². The van der Waals surface area contributed by atoms with Gasteiger partial charge in [-0.25, -0.2) is 0 Å². The van der Waals surface area contributed by atoms with Gasteiger partial charge in [0.05, 0.1) is 5.56 Å². The molecule has 0 unspecified atom stereocenters. The third-order valence-electron chi connectivity index (χ3n) is 5.23. The van der Waals surface area contributed by atoms with Crippen LogP contribution in [0.3, 0.4) is 0 Å². The number of hydrogen-bond donors (Lipinski definition) is 1. The zero-order chi connectivity index (χ0) is 15.0. The summed E-state index contributed by atoms with van der Waals surface area (Å²) in [4.78, 5) is 22.3. The van der Waals surface area contributed by atoms with Crippen LogP contribution < -0.4 is 0 Å². The summed E-state index contributed by atoms with van der Waals surface area (Å²) in [7, 11) is 0. The number of rotatable bonds is 1.